The van der Waals surface area contributed by atoms with Gasteiger partial charge >= 0.3 is 10.1 Å². The van der Waals surface area contributed by atoms with Crippen LogP contribution in [-0.2, 0) is 10.1 Å². The highest BCUT2D eigenvalue weighted by molar-refractivity contribution is 7.86. The van der Waals surface area contributed by atoms with E-state index in [1.54, 1.807) is 0 Å². The van der Waals surface area contributed by atoms with Gasteiger partial charge < -0.3 is 9.92 Å². The summed E-state index contributed by atoms with van der Waals surface area (Å²) in [6, 6.07) is 5.13. The maximum atomic E-state index is 11.2. The molecule has 0 aliphatic rings. The lowest BCUT2D eigenvalue weighted by atomic mass is 10.4. The van der Waals surface area contributed by atoms with Gasteiger partial charge in [-0.2, -0.15) is 8.42 Å². The third-order valence-corrected chi connectivity index (χ3v) is 1.82. The molecule has 2 N–H and O–H groups in total. The minimum absolute atomic E-state index is 0.260. The van der Waals surface area contributed by atoms with Gasteiger partial charge in [-0.25, -0.2) is 0 Å². The fraction of sp³-hybridized carbons (Fsp3) is 0.125. The van der Waals surface area contributed by atoms with Crippen LogP contribution in [0.4, 0.5) is 5.69 Å². The normalized spacial score (nSPS) is 10.9. The summed E-state index contributed by atoms with van der Waals surface area (Å²) in [5.41, 5.74) is 5.21. The fourth-order valence-electron chi connectivity index (χ4n) is 0.796. The quantitative estimate of drug-likeness (QED) is 0.700. The van der Waals surface area contributed by atoms with E-state index in [-0.39, 0.29) is 5.75 Å². The zero-order chi connectivity index (χ0) is 10.8. The van der Waals surface area contributed by atoms with Crippen molar-refractivity contribution < 1.29 is 12.6 Å². The van der Waals surface area contributed by atoms with E-state index in [9.17, 15) is 13.2 Å². The van der Waals surface area contributed by atoms with Crippen LogP contribution in [0.2, 0.25) is 0 Å². The molecule has 0 heterocycles. The van der Waals surface area contributed by atoms with Crippen LogP contribution in [0.1, 0.15) is 0 Å². The molecule has 1 rings (SSSR count). The van der Waals surface area contributed by atoms with Crippen molar-refractivity contribution in [2.24, 2.45) is 0 Å². The zero-order valence-corrected chi connectivity index (χ0v) is 8.24. The summed E-state index contributed by atoms with van der Waals surface area (Å²) in [6.07, 6.45) is 0.864. The van der Waals surface area contributed by atoms with Crippen molar-refractivity contribution in [1.82, 2.24) is 0 Å². The Hall–Kier alpha value is -1.56. The molecule has 0 bridgehead atoms. The van der Waals surface area contributed by atoms with E-state index >= 15 is 0 Å². The SMILES string of the molecule is CS(=O)(=O)Oc1ccc(N)ccc1=O. The Bertz CT molecular complexity index is 495. The largest absolute Gasteiger partial charge is 0.399 e. The molecule has 0 atom stereocenters. The predicted octanol–water partition coefficient (Wildman–Crippen LogP) is -0.0326. The van der Waals surface area contributed by atoms with Gasteiger partial charge in [0.1, 0.15) is 0 Å². The number of nitrogens with two attached hydrogens (primary N) is 1. The van der Waals surface area contributed by atoms with Crippen LogP contribution < -0.4 is 15.3 Å². The number of nitrogen functional groups attached to an aromatic ring is 1. The second-order valence-electron chi connectivity index (χ2n) is 2.68. The number of anilines is 1. The van der Waals surface area contributed by atoms with E-state index in [1.807, 2.05) is 0 Å². The molecule has 0 saturated carbocycles. The number of hydrogen-bond acceptors (Lipinski definition) is 5. The molecule has 1 aromatic carbocycles. The highest BCUT2D eigenvalue weighted by Gasteiger charge is 2.06. The Balaban J connectivity index is 3.25. The maximum absolute atomic E-state index is 11.2. The third-order valence-electron chi connectivity index (χ3n) is 1.34. The monoisotopic (exact) mass is 215 g/mol. The third kappa shape index (κ3) is 3.06. The van der Waals surface area contributed by atoms with E-state index in [0.717, 1.165) is 12.3 Å². The molecule has 76 valence electrons. The van der Waals surface area contributed by atoms with Crippen LogP contribution in [0.5, 0.6) is 5.75 Å². The molecule has 0 amide bonds. The molecule has 1 aromatic rings. The summed E-state index contributed by atoms with van der Waals surface area (Å²) >= 11 is 0. The Kier molecular flexibility index (Phi) is 2.76. The molecule has 0 radical (unpaired) electrons. The lowest BCUT2D eigenvalue weighted by Gasteiger charge is -1.97. The summed E-state index contributed by atoms with van der Waals surface area (Å²) in [5, 5.41) is 0. The molecule has 0 fully saturated rings. The van der Waals surface area contributed by atoms with Gasteiger partial charge in [0.25, 0.3) is 0 Å². The van der Waals surface area contributed by atoms with Crippen LogP contribution in [0.3, 0.4) is 0 Å². The van der Waals surface area contributed by atoms with Crippen LogP contribution in [-0.4, -0.2) is 14.7 Å². The van der Waals surface area contributed by atoms with Crippen molar-refractivity contribution in [1.29, 1.82) is 0 Å². The molecule has 0 saturated heterocycles. The Morgan fingerprint density at radius 3 is 2.36 bits per heavy atom. The summed E-state index contributed by atoms with van der Waals surface area (Å²) in [4.78, 5) is 11.2. The van der Waals surface area contributed by atoms with Gasteiger partial charge in [-0.1, -0.05) is 0 Å². The smallest absolute Gasteiger partial charge is 0.306 e. The summed E-state index contributed by atoms with van der Waals surface area (Å²) < 4.78 is 25.9. The second kappa shape index (κ2) is 3.67. The minimum Gasteiger partial charge on any atom is -0.399 e. The second-order valence-corrected chi connectivity index (χ2v) is 4.26. The maximum Gasteiger partial charge on any atom is 0.306 e. The Morgan fingerprint density at radius 2 is 1.79 bits per heavy atom. The van der Waals surface area contributed by atoms with E-state index in [2.05, 4.69) is 4.18 Å². The van der Waals surface area contributed by atoms with Crippen molar-refractivity contribution in [3.05, 3.63) is 34.5 Å². The predicted molar refractivity (Wildman–Crippen MR) is 52.6 cm³/mol. The molecule has 0 aliphatic heterocycles. The number of rotatable bonds is 2. The average molecular weight is 215 g/mol. The Morgan fingerprint density at radius 1 is 1.21 bits per heavy atom. The topological polar surface area (TPSA) is 86.5 Å². The lowest BCUT2D eigenvalue weighted by Crippen LogP contribution is -2.11. The van der Waals surface area contributed by atoms with Gasteiger partial charge in [0.2, 0.25) is 5.43 Å². The van der Waals surface area contributed by atoms with Crippen LogP contribution >= 0.6 is 0 Å². The molecule has 14 heavy (non-hydrogen) atoms. The van der Waals surface area contributed by atoms with Crippen molar-refractivity contribution >= 4 is 15.8 Å². The van der Waals surface area contributed by atoms with Crippen LogP contribution in [0.15, 0.2) is 29.1 Å². The first-order chi connectivity index (χ1) is 6.38. The lowest BCUT2D eigenvalue weighted by molar-refractivity contribution is 0.491. The van der Waals surface area contributed by atoms with E-state index < -0.39 is 15.5 Å². The molecule has 0 aliphatic carbocycles. The van der Waals surface area contributed by atoms with Gasteiger partial charge in [0.15, 0.2) is 5.75 Å². The highest BCUT2D eigenvalue weighted by Crippen LogP contribution is 2.06. The summed E-state index contributed by atoms with van der Waals surface area (Å²) in [7, 11) is -3.68. The van der Waals surface area contributed by atoms with Gasteiger partial charge in [-0.05, 0) is 24.3 Å². The first kappa shape index (κ1) is 10.5. The summed E-state index contributed by atoms with van der Waals surface area (Å²) in [5.74, 6) is -0.260. The van der Waals surface area contributed by atoms with E-state index in [0.29, 0.717) is 5.69 Å². The minimum atomic E-state index is -3.68. The highest BCUT2D eigenvalue weighted by atomic mass is 32.2. The zero-order valence-electron chi connectivity index (χ0n) is 7.43. The molecule has 0 spiro atoms. The van der Waals surface area contributed by atoms with Crippen LogP contribution in [0, 0.1) is 0 Å². The van der Waals surface area contributed by atoms with Gasteiger partial charge in [0.05, 0.1) is 6.26 Å². The van der Waals surface area contributed by atoms with E-state index in [4.69, 9.17) is 5.73 Å². The fourth-order valence-corrected chi connectivity index (χ4v) is 1.26. The molecule has 6 heteroatoms. The molecule has 0 aromatic heterocycles. The van der Waals surface area contributed by atoms with Crippen molar-refractivity contribution in [3.63, 3.8) is 0 Å². The van der Waals surface area contributed by atoms with Crippen molar-refractivity contribution in [2.75, 3.05) is 12.0 Å². The Labute approximate surface area is 81.3 Å². The van der Waals surface area contributed by atoms with Gasteiger partial charge in [-0.15, -0.1) is 0 Å². The van der Waals surface area contributed by atoms with Gasteiger partial charge in [0, 0.05) is 5.69 Å². The first-order valence-corrected chi connectivity index (χ1v) is 5.49. The average Bonchev–Trinajstić information content (AvgIpc) is 2.17. The summed E-state index contributed by atoms with van der Waals surface area (Å²) in [6.45, 7) is 0. The van der Waals surface area contributed by atoms with Crippen molar-refractivity contribution in [3.8, 4) is 5.75 Å². The van der Waals surface area contributed by atoms with Crippen LogP contribution in [0.25, 0.3) is 0 Å². The van der Waals surface area contributed by atoms with E-state index in [1.165, 1.54) is 18.2 Å². The molecular formula is C8H9NO4S. The molecule has 0 unspecified atom stereocenters. The van der Waals surface area contributed by atoms with Crippen molar-refractivity contribution in [2.45, 2.75) is 0 Å². The van der Waals surface area contributed by atoms with Gasteiger partial charge in [-0.3, -0.25) is 4.79 Å². The number of hydrogen-bond donors (Lipinski definition) is 1. The first-order valence-electron chi connectivity index (χ1n) is 3.68. The molecular weight excluding hydrogens is 206 g/mol. The molecule has 5 nitrogen and oxygen atoms in total. The standard InChI is InChI=1S/C8H9NO4S/c1-14(11,12)13-8-5-3-6(9)2-4-7(8)10/h2-5H,9H2,1H3.